The van der Waals surface area contributed by atoms with Crippen LogP contribution in [-0.2, 0) is 0 Å². The van der Waals surface area contributed by atoms with Gasteiger partial charge in [-0.1, -0.05) is 24.3 Å². The highest BCUT2D eigenvalue weighted by Crippen LogP contribution is 2.16. The molecule has 0 radical (unpaired) electrons. The van der Waals surface area contributed by atoms with Crippen LogP contribution in [0.1, 0.15) is 21.5 Å². The molecule has 1 amide bonds. The van der Waals surface area contributed by atoms with Crippen LogP contribution < -0.4 is 16.2 Å². The number of benzene rings is 2. The Balaban J connectivity index is 1.66. The quantitative estimate of drug-likeness (QED) is 0.490. The van der Waals surface area contributed by atoms with Crippen molar-refractivity contribution >= 4 is 28.9 Å². The minimum absolute atomic E-state index is 0.264. The molecule has 132 valence electrons. The molecule has 5 nitrogen and oxygen atoms in total. The topological polar surface area (TPSA) is 58.1 Å². The van der Waals surface area contributed by atoms with E-state index in [0.717, 1.165) is 22.5 Å². The smallest absolute Gasteiger partial charge is 0.271 e. The van der Waals surface area contributed by atoms with Crippen molar-refractivity contribution in [2.24, 2.45) is 0 Å². The summed E-state index contributed by atoms with van der Waals surface area (Å²) in [5, 5.41) is 3.42. The third kappa shape index (κ3) is 4.10. The summed E-state index contributed by atoms with van der Waals surface area (Å²) in [6.07, 6.45) is 3.79. The van der Waals surface area contributed by atoms with Gasteiger partial charge in [-0.2, -0.15) is 0 Å². The van der Waals surface area contributed by atoms with Crippen LogP contribution in [0.25, 0.3) is 5.69 Å². The standard InChI is InChI=1S/C20H20N4OS/c1-14-9-10-15(2)17(13-14)21-20(26)23-22-19(25)16-7-3-4-8-18(16)24-11-5-6-12-24/h3-13H,1-2H3,(H,22,25)(H2,21,23,26). The number of aromatic nitrogens is 1. The van der Waals surface area contributed by atoms with Gasteiger partial charge in [0.1, 0.15) is 0 Å². The van der Waals surface area contributed by atoms with Crippen LogP contribution in [0, 0.1) is 13.8 Å². The van der Waals surface area contributed by atoms with Gasteiger partial charge >= 0.3 is 0 Å². The molecule has 1 heterocycles. The zero-order valence-corrected chi connectivity index (χ0v) is 15.4. The van der Waals surface area contributed by atoms with E-state index in [1.54, 1.807) is 6.07 Å². The number of anilines is 1. The largest absolute Gasteiger partial charge is 0.331 e. The summed E-state index contributed by atoms with van der Waals surface area (Å²) in [4.78, 5) is 12.6. The molecule has 0 bridgehead atoms. The Kier molecular flexibility index (Phi) is 5.34. The predicted octanol–water partition coefficient (Wildman–Crippen LogP) is 3.73. The van der Waals surface area contributed by atoms with E-state index in [4.69, 9.17) is 12.2 Å². The molecule has 0 spiro atoms. The molecule has 3 aromatic rings. The molecule has 6 heteroatoms. The van der Waals surface area contributed by atoms with Crippen LogP contribution in [0.2, 0.25) is 0 Å². The second-order valence-corrected chi connectivity index (χ2v) is 6.37. The zero-order chi connectivity index (χ0) is 18.5. The normalized spacial score (nSPS) is 10.2. The average molecular weight is 364 g/mol. The Morgan fingerprint density at radius 2 is 1.69 bits per heavy atom. The van der Waals surface area contributed by atoms with Gasteiger partial charge in [0.25, 0.3) is 5.91 Å². The van der Waals surface area contributed by atoms with Crippen LogP contribution in [0.5, 0.6) is 0 Å². The summed E-state index contributed by atoms with van der Waals surface area (Å²) in [6.45, 7) is 4.01. The molecule has 3 N–H and O–H groups in total. The lowest BCUT2D eigenvalue weighted by Crippen LogP contribution is -2.44. The number of amides is 1. The number of para-hydroxylation sites is 1. The maximum absolute atomic E-state index is 12.6. The van der Waals surface area contributed by atoms with Gasteiger partial charge in [-0.25, -0.2) is 0 Å². The molecule has 1 aromatic heterocycles. The maximum Gasteiger partial charge on any atom is 0.271 e. The first-order valence-electron chi connectivity index (χ1n) is 8.21. The number of thiocarbonyl (C=S) groups is 1. The molecule has 0 aliphatic heterocycles. The molecule has 3 rings (SSSR count). The van der Waals surface area contributed by atoms with Gasteiger partial charge in [0, 0.05) is 18.1 Å². The van der Waals surface area contributed by atoms with Gasteiger partial charge in [-0.3, -0.25) is 15.6 Å². The number of nitrogens with one attached hydrogen (secondary N) is 3. The van der Waals surface area contributed by atoms with Crippen molar-refractivity contribution in [2.45, 2.75) is 13.8 Å². The highest BCUT2D eigenvalue weighted by Gasteiger charge is 2.12. The van der Waals surface area contributed by atoms with Gasteiger partial charge in [0.15, 0.2) is 5.11 Å². The summed E-state index contributed by atoms with van der Waals surface area (Å²) >= 11 is 5.28. The van der Waals surface area contributed by atoms with E-state index in [2.05, 4.69) is 16.2 Å². The highest BCUT2D eigenvalue weighted by atomic mass is 32.1. The summed E-state index contributed by atoms with van der Waals surface area (Å²) < 4.78 is 1.89. The third-order valence-corrected chi connectivity index (χ3v) is 4.17. The second-order valence-electron chi connectivity index (χ2n) is 5.96. The molecule has 0 saturated carbocycles. The zero-order valence-electron chi connectivity index (χ0n) is 14.6. The Labute approximate surface area is 158 Å². The SMILES string of the molecule is Cc1ccc(C)c(NC(=S)NNC(=O)c2ccccc2-n2cccc2)c1. The van der Waals surface area contributed by atoms with Gasteiger partial charge in [0.05, 0.1) is 11.3 Å². The van der Waals surface area contributed by atoms with Crippen molar-refractivity contribution in [3.63, 3.8) is 0 Å². The molecule has 0 aliphatic rings. The fourth-order valence-corrected chi connectivity index (χ4v) is 2.75. The van der Waals surface area contributed by atoms with E-state index in [0.29, 0.717) is 10.7 Å². The third-order valence-electron chi connectivity index (χ3n) is 3.96. The first kappa shape index (κ1) is 17.7. The van der Waals surface area contributed by atoms with Crippen molar-refractivity contribution in [1.82, 2.24) is 15.4 Å². The number of hydrazine groups is 1. The highest BCUT2D eigenvalue weighted by molar-refractivity contribution is 7.80. The molecule has 0 unspecified atom stereocenters. The lowest BCUT2D eigenvalue weighted by Gasteiger charge is -2.15. The van der Waals surface area contributed by atoms with Crippen LogP contribution in [0.3, 0.4) is 0 Å². The van der Waals surface area contributed by atoms with E-state index >= 15 is 0 Å². The minimum atomic E-state index is -0.264. The molecule has 0 atom stereocenters. The van der Waals surface area contributed by atoms with E-state index in [1.165, 1.54) is 0 Å². The first-order chi connectivity index (χ1) is 12.5. The van der Waals surface area contributed by atoms with Crippen molar-refractivity contribution in [1.29, 1.82) is 0 Å². The van der Waals surface area contributed by atoms with Crippen molar-refractivity contribution < 1.29 is 4.79 Å². The van der Waals surface area contributed by atoms with Crippen molar-refractivity contribution in [3.8, 4) is 5.69 Å². The van der Waals surface area contributed by atoms with E-state index < -0.39 is 0 Å². The number of carbonyl (C=O) groups is 1. The van der Waals surface area contributed by atoms with Crippen LogP contribution in [0.4, 0.5) is 5.69 Å². The number of rotatable bonds is 3. The first-order valence-corrected chi connectivity index (χ1v) is 8.62. The Morgan fingerprint density at radius 3 is 2.46 bits per heavy atom. The van der Waals surface area contributed by atoms with E-state index in [-0.39, 0.29) is 5.91 Å². The number of aryl methyl sites for hydroxylation is 2. The Morgan fingerprint density at radius 1 is 0.962 bits per heavy atom. The number of nitrogens with zero attached hydrogens (tertiary/aromatic N) is 1. The molecule has 0 saturated heterocycles. The second kappa shape index (κ2) is 7.84. The summed E-state index contributed by atoms with van der Waals surface area (Å²) in [7, 11) is 0. The molecule has 0 aliphatic carbocycles. The lowest BCUT2D eigenvalue weighted by atomic mass is 10.1. The van der Waals surface area contributed by atoms with E-state index in [1.807, 2.05) is 79.3 Å². The van der Waals surface area contributed by atoms with E-state index in [9.17, 15) is 4.79 Å². The van der Waals surface area contributed by atoms with Crippen molar-refractivity contribution in [2.75, 3.05) is 5.32 Å². The van der Waals surface area contributed by atoms with Crippen LogP contribution >= 0.6 is 12.2 Å². The summed E-state index contributed by atoms with van der Waals surface area (Å²) in [5.41, 5.74) is 9.86. The summed E-state index contributed by atoms with van der Waals surface area (Å²) in [5.74, 6) is -0.264. The maximum atomic E-state index is 12.6. The van der Waals surface area contributed by atoms with Crippen molar-refractivity contribution in [3.05, 3.63) is 83.7 Å². The van der Waals surface area contributed by atoms with Gasteiger partial charge in [-0.05, 0) is 67.5 Å². The fourth-order valence-electron chi connectivity index (χ4n) is 2.59. The number of hydrogen-bond donors (Lipinski definition) is 3. The molecular formula is C20H20N4OS. The predicted molar refractivity (Wildman–Crippen MR) is 109 cm³/mol. The van der Waals surface area contributed by atoms with Gasteiger partial charge in [0.2, 0.25) is 0 Å². The Bertz CT molecular complexity index is 935. The Hall–Kier alpha value is -3.12. The minimum Gasteiger partial charge on any atom is -0.331 e. The lowest BCUT2D eigenvalue weighted by molar-refractivity contribution is 0.0944. The number of hydrogen-bond acceptors (Lipinski definition) is 2. The molecule has 0 fully saturated rings. The molecular weight excluding hydrogens is 344 g/mol. The number of carbonyl (C=O) groups excluding carboxylic acids is 1. The molecule has 26 heavy (non-hydrogen) atoms. The van der Waals surface area contributed by atoms with Gasteiger partial charge < -0.3 is 9.88 Å². The monoisotopic (exact) mass is 364 g/mol. The average Bonchev–Trinajstić information content (AvgIpc) is 3.17. The summed E-state index contributed by atoms with van der Waals surface area (Å²) in [6, 6.07) is 17.3. The molecule has 2 aromatic carbocycles. The van der Waals surface area contributed by atoms with Gasteiger partial charge in [-0.15, -0.1) is 0 Å². The fraction of sp³-hybridized carbons (Fsp3) is 0.100. The van der Waals surface area contributed by atoms with Crippen LogP contribution in [0.15, 0.2) is 67.0 Å². The van der Waals surface area contributed by atoms with Crippen LogP contribution in [-0.4, -0.2) is 15.6 Å².